The number of esters is 1. The normalized spacial score (nSPS) is 22.5. The van der Waals surface area contributed by atoms with Gasteiger partial charge in [0.2, 0.25) is 11.8 Å². The SMILES string of the molecule is C=CC(=O)N1CCO[C@H]2CN(C(=O)N(C)C(C(=O)N[C@H]3Cc4cccc(n4)-c4ccc5c(c4)c(c(-c4cccnc4[C@H](C)OC)n5CC(F)(F)F)CC(C)(C)COC(=O)[C@@H]4CCCN(N4)C3=O)C(C)C)C[C@H]21. The number of amides is 5. The third kappa shape index (κ3) is 10.9. The Balaban J connectivity index is 1.18. The molecule has 4 aliphatic heterocycles. The summed E-state index contributed by atoms with van der Waals surface area (Å²) in [6.07, 6.45) is -1.92. The predicted octanol–water partition coefficient (Wildman–Crippen LogP) is 5.86. The van der Waals surface area contributed by atoms with Crippen LogP contribution in [0.15, 0.2) is 67.4 Å². The number of hydrogen-bond donors (Lipinski definition) is 2. The van der Waals surface area contributed by atoms with Gasteiger partial charge in [0.05, 0.1) is 55.1 Å². The number of likely N-dealkylation sites (N-methyl/N-ethyl adjacent to an activating group) is 1. The van der Waals surface area contributed by atoms with E-state index in [9.17, 15) is 37.1 Å². The molecule has 72 heavy (non-hydrogen) atoms. The van der Waals surface area contributed by atoms with Crippen LogP contribution in [-0.2, 0) is 52.8 Å². The molecule has 3 saturated heterocycles. The first kappa shape index (κ1) is 52.0. The van der Waals surface area contributed by atoms with Gasteiger partial charge >= 0.3 is 18.2 Å². The average Bonchev–Trinajstić information content (AvgIpc) is 3.92. The minimum Gasteiger partial charge on any atom is -0.464 e. The first-order valence-electron chi connectivity index (χ1n) is 24.5. The van der Waals surface area contributed by atoms with Crippen molar-refractivity contribution in [2.75, 3.05) is 53.6 Å². The van der Waals surface area contributed by atoms with Crippen molar-refractivity contribution in [1.29, 1.82) is 0 Å². The van der Waals surface area contributed by atoms with Gasteiger partial charge in [0.15, 0.2) is 0 Å². The standard InChI is InChI=1S/C52H64F3N9O8/c1-9-43(65)62-21-22-71-42-27-61(26-41(42)62)50(69)60(7)45(30(2)3)47(66)58-39-24-33-13-10-15-37(57-33)32-17-18-40-35(23-32)36(25-51(5,6)29-72-49(68)38-16-12-20-64(59-38)48(39)67)46(63(40)28-52(53,54)55)34-14-11-19-56-44(34)31(4)70-8/h9-11,13-15,17-19,23,30-31,38-39,41-42,45,59H,1,12,16,20-22,24-29H2,2-8H3,(H,58,66)/t31-,38-,39-,41+,42-,45?/m0/s1. The number of fused-ring (bicyclic) bond motifs is 7. The largest absolute Gasteiger partial charge is 0.464 e. The van der Waals surface area contributed by atoms with E-state index in [0.29, 0.717) is 76.4 Å². The number of urea groups is 1. The van der Waals surface area contributed by atoms with Crippen molar-refractivity contribution in [2.45, 2.75) is 109 Å². The Hall–Kier alpha value is -6.38. The molecule has 3 aromatic heterocycles. The number of cyclic esters (lactones) is 1. The van der Waals surface area contributed by atoms with Gasteiger partial charge in [-0.15, -0.1) is 0 Å². The number of morpholine rings is 1. The first-order valence-corrected chi connectivity index (χ1v) is 24.5. The number of pyridine rings is 2. The second-order valence-electron chi connectivity index (χ2n) is 20.3. The molecule has 6 atom stereocenters. The first-order chi connectivity index (χ1) is 34.2. The van der Waals surface area contributed by atoms with Crippen LogP contribution in [0.5, 0.6) is 0 Å². The number of rotatable bonds is 9. The fourth-order valence-corrected chi connectivity index (χ4v) is 10.6. The van der Waals surface area contributed by atoms with Crippen molar-refractivity contribution >= 4 is 40.6 Å². The van der Waals surface area contributed by atoms with Crippen LogP contribution < -0.4 is 10.7 Å². The highest BCUT2D eigenvalue weighted by atomic mass is 19.4. The number of halogens is 3. The van der Waals surface area contributed by atoms with Gasteiger partial charge in [-0.25, -0.2) is 10.2 Å². The molecule has 1 unspecified atom stereocenters. The molecule has 0 radical (unpaired) electrons. The topological polar surface area (TPSA) is 181 Å². The molecule has 4 aromatic rings. The van der Waals surface area contributed by atoms with E-state index in [1.807, 2.05) is 19.9 Å². The number of nitrogens with zero attached hydrogens (tertiary/aromatic N) is 7. The van der Waals surface area contributed by atoms with Crippen molar-refractivity contribution in [3.05, 3.63) is 84.3 Å². The highest BCUT2D eigenvalue weighted by Gasteiger charge is 2.46. The summed E-state index contributed by atoms with van der Waals surface area (Å²) in [5.74, 6) is -2.44. The molecule has 3 fully saturated rings. The van der Waals surface area contributed by atoms with Crippen LogP contribution in [0, 0.1) is 11.3 Å². The number of ether oxygens (including phenoxy) is 3. The van der Waals surface area contributed by atoms with Gasteiger partial charge in [-0.1, -0.05) is 46.4 Å². The molecule has 0 aliphatic carbocycles. The van der Waals surface area contributed by atoms with E-state index >= 15 is 0 Å². The molecule has 7 heterocycles. The monoisotopic (exact) mass is 999 g/mol. The fourth-order valence-electron chi connectivity index (χ4n) is 10.6. The van der Waals surface area contributed by atoms with Gasteiger partial charge in [0, 0.05) is 79.5 Å². The van der Waals surface area contributed by atoms with Crippen LogP contribution in [0.3, 0.4) is 0 Å². The second-order valence-corrected chi connectivity index (χ2v) is 20.3. The van der Waals surface area contributed by atoms with E-state index in [4.69, 9.17) is 19.2 Å². The zero-order chi connectivity index (χ0) is 51.8. The smallest absolute Gasteiger partial charge is 0.406 e. The van der Waals surface area contributed by atoms with E-state index in [1.54, 1.807) is 79.2 Å². The zero-order valence-corrected chi connectivity index (χ0v) is 41.8. The summed E-state index contributed by atoms with van der Waals surface area (Å²) in [7, 11) is 3.04. The lowest BCUT2D eigenvalue weighted by Gasteiger charge is -2.37. The molecule has 2 N–H and O–H groups in total. The molecule has 0 saturated carbocycles. The maximum Gasteiger partial charge on any atom is 0.406 e. The highest BCUT2D eigenvalue weighted by molar-refractivity contribution is 5.96. The number of alkyl halides is 3. The summed E-state index contributed by atoms with van der Waals surface area (Å²) in [5.41, 5.74) is 5.84. The lowest BCUT2D eigenvalue weighted by molar-refractivity contribution is -0.155. The maximum absolute atomic E-state index is 14.8. The number of hydrogen-bond acceptors (Lipinski definition) is 11. The van der Waals surface area contributed by atoms with E-state index < -0.39 is 78.2 Å². The quantitative estimate of drug-likeness (QED) is 0.152. The molecule has 6 bridgehead atoms. The number of carbonyl (C=O) groups excluding carboxylic acids is 5. The Kier molecular flexibility index (Phi) is 15.1. The van der Waals surface area contributed by atoms with Gasteiger partial charge in [-0.05, 0) is 80.1 Å². The molecule has 4 aliphatic rings. The summed E-state index contributed by atoms with van der Waals surface area (Å²) in [4.78, 5) is 84.4. The van der Waals surface area contributed by atoms with Crippen LogP contribution in [0.4, 0.5) is 18.0 Å². The number of carbonyl (C=O) groups is 5. The molecular weight excluding hydrogens is 936 g/mol. The molecule has 1 aromatic carbocycles. The Morgan fingerprint density at radius 2 is 1.86 bits per heavy atom. The van der Waals surface area contributed by atoms with Gasteiger partial charge in [-0.2, -0.15) is 13.2 Å². The van der Waals surface area contributed by atoms with Crippen LogP contribution in [-0.4, -0.2) is 154 Å². The summed E-state index contributed by atoms with van der Waals surface area (Å²) in [6, 6.07) is 9.77. The zero-order valence-electron chi connectivity index (χ0n) is 41.8. The lowest BCUT2D eigenvalue weighted by Crippen LogP contribution is -2.62. The third-order valence-corrected chi connectivity index (χ3v) is 14.1. The van der Waals surface area contributed by atoms with Gasteiger partial charge in [0.25, 0.3) is 5.91 Å². The Labute approximate surface area is 417 Å². The minimum absolute atomic E-state index is 0.108. The summed E-state index contributed by atoms with van der Waals surface area (Å²) >= 11 is 0. The Morgan fingerprint density at radius 3 is 2.58 bits per heavy atom. The average molecular weight is 1000 g/mol. The third-order valence-electron chi connectivity index (χ3n) is 14.1. The molecule has 20 heteroatoms. The molecule has 0 spiro atoms. The summed E-state index contributed by atoms with van der Waals surface area (Å²) in [6.45, 7) is 12.6. The van der Waals surface area contributed by atoms with Crippen molar-refractivity contribution in [3.63, 3.8) is 0 Å². The van der Waals surface area contributed by atoms with Crippen molar-refractivity contribution in [1.82, 2.24) is 45.0 Å². The lowest BCUT2D eigenvalue weighted by atomic mass is 9.84. The summed E-state index contributed by atoms with van der Waals surface area (Å²) < 4.78 is 63.0. The van der Waals surface area contributed by atoms with E-state index in [2.05, 4.69) is 22.3 Å². The number of benzene rings is 1. The van der Waals surface area contributed by atoms with Gasteiger partial charge < -0.3 is 38.8 Å². The molecule has 17 nitrogen and oxygen atoms in total. The Morgan fingerprint density at radius 1 is 1.08 bits per heavy atom. The fraction of sp³-hybridized carbons (Fsp3) is 0.519. The summed E-state index contributed by atoms with van der Waals surface area (Å²) in [5, 5.41) is 4.81. The number of nitrogens with one attached hydrogen (secondary N) is 2. The van der Waals surface area contributed by atoms with Crippen molar-refractivity contribution in [2.24, 2.45) is 11.3 Å². The van der Waals surface area contributed by atoms with Crippen LogP contribution in [0.1, 0.15) is 70.5 Å². The van der Waals surface area contributed by atoms with Crippen LogP contribution in [0.25, 0.3) is 33.4 Å². The second kappa shape index (κ2) is 21.0. The van der Waals surface area contributed by atoms with Gasteiger partial charge in [0.1, 0.15) is 24.7 Å². The van der Waals surface area contributed by atoms with E-state index in [0.717, 1.165) is 0 Å². The highest BCUT2D eigenvalue weighted by Crippen LogP contribution is 2.43. The van der Waals surface area contributed by atoms with Gasteiger partial charge in [-0.3, -0.25) is 34.2 Å². The van der Waals surface area contributed by atoms with E-state index in [1.165, 1.54) is 34.7 Å². The maximum atomic E-state index is 14.8. The molecule has 386 valence electrons. The minimum atomic E-state index is -4.61. The molecule has 5 amide bonds. The molecule has 8 rings (SSSR count). The Bertz CT molecular complexity index is 2730. The molecular formula is C52H64F3N9O8. The van der Waals surface area contributed by atoms with Crippen LogP contribution in [0.2, 0.25) is 0 Å². The van der Waals surface area contributed by atoms with Crippen LogP contribution >= 0.6 is 0 Å². The van der Waals surface area contributed by atoms with Crippen molar-refractivity contribution in [3.8, 4) is 22.5 Å². The number of aromatic nitrogens is 3. The van der Waals surface area contributed by atoms with Crippen molar-refractivity contribution < 1.29 is 51.4 Å². The predicted molar refractivity (Wildman–Crippen MR) is 261 cm³/mol. The van der Waals surface area contributed by atoms with E-state index in [-0.39, 0.29) is 51.0 Å². The number of methoxy groups -OCH3 is 1. The number of hydrazine groups is 1. The number of likely N-dealkylation sites (tertiary alicyclic amines) is 1.